The molecule has 0 spiro atoms. The number of pyridine rings is 1. The normalized spacial score (nSPS) is 9.94. The Labute approximate surface area is 100 Å². The van der Waals surface area contributed by atoms with Crippen LogP contribution < -0.4 is 5.32 Å². The molecule has 16 heavy (non-hydrogen) atoms. The highest BCUT2D eigenvalue weighted by Gasteiger charge is 2.12. The molecule has 1 aromatic heterocycles. The molecule has 0 aliphatic carbocycles. The summed E-state index contributed by atoms with van der Waals surface area (Å²) in [7, 11) is 3.62. The van der Waals surface area contributed by atoms with Crippen LogP contribution in [0.3, 0.4) is 0 Å². The van der Waals surface area contributed by atoms with E-state index in [0.717, 1.165) is 18.0 Å². The maximum atomic E-state index is 11.9. The van der Waals surface area contributed by atoms with E-state index in [0.29, 0.717) is 5.69 Å². The van der Waals surface area contributed by atoms with E-state index < -0.39 is 0 Å². The first-order valence-electron chi connectivity index (χ1n) is 5.07. The first-order valence-corrected chi connectivity index (χ1v) is 6.46. The van der Waals surface area contributed by atoms with Gasteiger partial charge in [-0.3, -0.25) is 9.78 Å². The van der Waals surface area contributed by atoms with Crippen LogP contribution in [0.15, 0.2) is 18.3 Å². The Morgan fingerprint density at radius 2 is 2.38 bits per heavy atom. The molecule has 1 aromatic rings. The number of nitrogens with zero attached hydrogens (tertiary/aromatic N) is 2. The monoisotopic (exact) mass is 239 g/mol. The molecule has 0 unspecified atom stereocenters. The lowest BCUT2D eigenvalue weighted by Crippen LogP contribution is -2.29. The van der Waals surface area contributed by atoms with Gasteiger partial charge in [0, 0.05) is 38.3 Å². The van der Waals surface area contributed by atoms with Crippen molar-refractivity contribution in [3.8, 4) is 0 Å². The maximum Gasteiger partial charge on any atom is 0.272 e. The molecule has 1 amide bonds. The molecule has 0 aliphatic rings. The third kappa shape index (κ3) is 3.41. The second kappa shape index (κ2) is 6.37. The van der Waals surface area contributed by atoms with E-state index in [1.807, 2.05) is 19.4 Å². The molecule has 0 bridgehead atoms. The number of thioether (sulfide) groups is 1. The van der Waals surface area contributed by atoms with Crippen molar-refractivity contribution in [2.45, 2.75) is 0 Å². The number of amides is 1. The number of anilines is 1. The van der Waals surface area contributed by atoms with Gasteiger partial charge in [0.1, 0.15) is 5.69 Å². The van der Waals surface area contributed by atoms with Crippen LogP contribution in [0.2, 0.25) is 0 Å². The van der Waals surface area contributed by atoms with E-state index >= 15 is 0 Å². The Bertz CT molecular complexity index is 357. The van der Waals surface area contributed by atoms with Crippen LogP contribution >= 0.6 is 11.8 Å². The van der Waals surface area contributed by atoms with Gasteiger partial charge in [-0.1, -0.05) is 0 Å². The number of aromatic nitrogens is 1. The molecular weight excluding hydrogens is 222 g/mol. The summed E-state index contributed by atoms with van der Waals surface area (Å²) in [5, 5.41) is 2.99. The summed E-state index contributed by atoms with van der Waals surface area (Å²) in [6.07, 6.45) is 3.67. The average Bonchev–Trinajstić information content (AvgIpc) is 2.35. The van der Waals surface area contributed by atoms with Crippen LogP contribution in [0.25, 0.3) is 0 Å². The fourth-order valence-corrected chi connectivity index (χ4v) is 1.68. The van der Waals surface area contributed by atoms with Crippen molar-refractivity contribution in [1.29, 1.82) is 0 Å². The number of hydrogen-bond acceptors (Lipinski definition) is 4. The lowest BCUT2D eigenvalue weighted by Gasteiger charge is -2.16. The Morgan fingerprint density at radius 3 is 3.00 bits per heavy atom. The van der Waals surface area contributed by atoms with Crippen LogP contribution in [0.5, 0.6) is 0 Å². The average molecular weight is 239 g/mol. The summed E-state index contributed by atoms with van der Waals surface area (Å²) < 4.78 is 0. The highest BCUT2D eigenvalue weighted by molar-refractivity contribution is 7.98. The van der Waals surface area contributed by atoms with Gasteiger partial charge in [-0.15, -0.1) is 0 Å². The molecule has 1 rings (SSSR count). The number of nitrogens with one attached hydrogen (secondary N) is 1. The van der Waals surface area contributed by atoms with Gasteiger partial charge in [0.2, 0.25) is 0 Å². The van der Waals surface area contributed by atoms with Crippen molar-refractivity contribution in [3.05, 3.63) is 24.0 Å². The van der Waals surface area contributed by atoms with Gasteiger partial charge in [-0.25, -0.2) is 0 Å². The van der Waals surface area contributed by atoms with Gasteiger partial charge < -0.3 is 10.2 Å². The minimum Gasteiger partial charge on any atom is -0.388 e. The molecule has 0 aromatic carbocycles. The van der Waals surface area contributed by atoms with Crippen molar-refractivity contribution in [1.82, 2.24) is 9.88 Å². The summed E-state index contributed by atoms with van der Waals surface area (Å²) in [4.78, 5) is 17.7. The molecule has 0 saturated heterocycles. The zero-order valence-corrected chi connectivity index (χ0v) is 10.7. The third-order valence-corrected chi connectivity index (χ3v) is 2.84. The van der Waals surface area contributed by atoms with E-state index in [-0.39, 0.29) is 5.91 Å². The molecule has 0 saturated carbocycles. The van der Waals surface area contributed by atoms with Crippen molar-refractivity contribution in [2.75, 3.05) is 38.0 Å². The van der Waals surface area contributed by atoms with Crippen molar-refractivity contribution >= 4 is 23.4 Å². The summed E-state index contributed by atoms with van der Waals surface area (Å²) >= 11 is 1.72. The fourth-order valence-electron chi connectivity index (χ4n) is 1.23. The Morgan fingerprint density at radius 1 is 1.62 bits per heavy atom. The first kappa shape index (κ1) is 12.8. The topological polar surface area (TPSA) is 45.2 Å². The maximum absolute atomic E-state index is 11.9. The Kier molecular flexibility index (Phi) is 5.11. The van der Waals surface area contributed by atoms with Gasteiger partial charge in [-0.2, -0.15) is 11.8 Å². The van der Waals surface area contributed by atoms with Crippen LogP contribution in [0, 0.1) is 0 Å². The number of carbonyl (C=O) groups is 1. The zero-order chi connectivity index (χ0) is 12.0. The van der Waals surface area contributed by atoms with Crippen LogP contribution in [0.4, 0.5) is 5.69 Å². The van der Waals surface area contributed by atoms with Crippen molar-refractivity contribution in [3.63, 3.8) is 0 Å². The standard InChI is InChI=1S/C11H17N3OS/c1-12-9-4-5-13-10(8-9)11(15)14(2)6-7-16-3/h4-5,8H,6-7H2,1-3H3,(H,12,13). The van der Waals surface area contributed by atoms with E-state index in [4.69, 9.17) is 0 Å². The SMILES string of the molecule is CNc1ccnc(C(=O)N(C)CCSC)c1. The van der Waals surface area contributed by atoms with Gasteiger partial charge >= 0.3 is 0 Å². The molecule has 0 aliphatic heterocycles. The third-order valence-electron chi connectivity index (χ3n) is 2.25. The molecule has 88 valence electrons. The predicted octanol–water partition coefficient (Wildman–Crippen LogP) is 1.56. The molecule has 0 fully saturated rings. The van der Waals surface area contributed by atoms with E-state index in [2.05, 4.69) is 10.3 Å². The second-order valence-electron chi connectivity index (χ2n) is 3.40. The largest absolute Gasteiger partial charge is 0.388 e. The van der Waals surface area contributed by atoms with Gasteiger partial charge in [0.15, 0.2) is 0 Å². The number of carbonyl (C=O) groups excluding carboxylic acids is 1. The smallest absolute Gasteiger partial charge is 0.272 e. The molecule has 4 nitrogen and oxygen atoms in total. The molecule has 0 radical (unpaired) electrons. The summed E-state index contributed by atoms with van der Waals surface area (Å²) in [6, 6.07) is 3.59. The molecular formula is C11H17N3OS. The quantitative estimate of drug-likeness (QED) is 0.847. The van der Waals surface area contributed by atoms with Crippen LogP contribution in [-0.4, -0.2) is 48.4 Å². The summed E-state index contributed by atoms with van der Waals surface area (Å²) in [6.45, 7) is 0.742. The highest BCUT2D eigenvalue weighted by Crippen LogP contribution is 2.08. The Balaban J connectivity index is 2.71. The minimum atomic E-state index is -0.0360. The lowest BCUT2D eigenvalue weighted by molar-refractivity contribution is 0.0798. The zero-order valence-electron chi connectivity index (χ0n) is 9.86. The lowest BCUT2D eigenvalue weighted by atomic mass is 10.3. The highest BCUT2D eigenvalue weighted by atomic mass is 32.2. The van der Waals surface area contributed by atoms with Crippen LogP contribution in [-0.2, 0) is 0 Å². The van der Waals surface area contributed by atoms with E-state index in [9.17, 15) is 4.79 Å². The fraction of sp³-hybridized carbons (Fsp3) is 0.455. The van der Waals surface area contributed by atoms with E-state index in [1.165, 1.54) is 0 Å². The van der Waals surface area contributed by atoms with Crippen molar-refractivity contribution in [2.24, 2.45) is 0 Å². The van der Waals surface area contributed by atoms with Crippen LogP contribution in [0.1, 0.15) is 10.5 Å². The number of rotatable bonds is 5. The molecule has 0 atom stereocenters. The Hall–Kier alpha value is -1.23. The predicted molar refractivity (Wildman–Crippen MR) is 69.1 cm³/mol. The van der Waals surface area contributed by atoms with Crippen molar-refractivity contribution < 1.29 is 4.79 Å². The molecule has 5 heteroatoms. The first-order chi connectivity index (χ1) is 7.69. The number of hydrogen-bond donors (Lipinski definition) is 1. The van der Waals surface area contributed by atoms with Gasteiger partial charge in [0.25, 0.3) is 5.91 Å². The van der Waals surface area contributed by atoms with E-state index in [1.54, 1.807) is 36.0 Å². The second-order valence-corrected chi connectivity index (χ2v) is 4.38. The summed E-state index contributed by atoms with van der Waals surface area (Å²) in [5.74, 6) is 0.902. The summed E-state index contributed by atoms with van der Waals surface area (Å²) in [5.41, 5.74) is 1.38. The minimum absolute atomic E-state index is 0.0360. The van der Waals surface area contributed by atoms with Gasteiger partial charge in [0.05, 0.1) is 0 Å². The molecule has 1 N–H and O–H groups in total. The van der Waals surface area contributed by atoms with Gasteiger partial charge in [-0.05, 0) is 18.4 Å². The molecule has 1 heterocycles.